The molecule has 1 aromatic heterocycles. The normalized spacial score (nSPS) is 10.7. The van der Waals surface area contributed by atoms with Crippen molar-refractivity contribution in [1.82, 2.24) is 4.98 Å². The Morgan fingerprint density at radius 3 is 2.50 bits per heavy atom. The summed E-state index contributed by atoms with van der Waals surface area (Å²) in [7, 11) is 0. The first kappa shape index (κ1) is 8.99. The molecular formula is C6H6ClF2N3. The van der Waals surface area contributed by atoms with Gasteiger partial charge in [-0.25, -0.2) is 13.8 Å². The topological polar surface area (TPSA) is 64.9 Å². The van der Waals surface area contributed by atoms with Gasteiger partial charge in [-0.05, 0) is 0 Å². The number of hydrogen-bond donors (Lipinski definition) is 2. The molecule has 0 saturated heterocycles. The molecule has 0 amide bonds. The number of anilines is 2. The average molecular weight is 194 g/mol. The van der Waals surface area contributed by atoms with Crippen molar-refractivity contribution in [3.05, 3.63) is 16.8 Å². The van der Waals surface area contributed by atoms with Gasteiger partial charge in [0.2, 0.25) is 0 Å². The van der Waals surface area contributed by atoms with Gasteiger partial charge >= 0.3 is 0 Å². The highest BCUT2D eigenvalue weighted by molar-refractivity contribution is 6.34. The summed E-state index contributed by atoms with van der Waals surface area (Å²) in [5.41, 5.74) is 9.99. The van der Waals surface area contributed by atoms with Crippen LogP contribution in [0, 0.1) is 0 Å². The minimum Gasteiger partial charge on any atom is -0.395 e. The van der Waals surface area contributed by atoms with Gasteiger partial charge in [-0.15, -0.1) is 0 Å². The lowest BCUT2D eigenvalue weighted by Crippen LogP contribution is -2.01. The maximum Gasteiger partial charge on any atom is 0.266 e. The predicted octanol–water partition coefficient (Wildman–Crippen LogP) is 1.84. The molecule has 1 rings (SSSR count). The molecule has 1 aromatic rings. The van der Waals surface area contributed by atoms with Crippen molar-refractivity contribution < 1.29 is 8.78 Å². The number of pyridine rings is 1. The van der Waals surface area contributed by atoms with Crippen LogP contribution < -0.4 is 11.5 Å². The van der Waals surface area contributed by atoms with E-state index in [1.165, 1.54) is 0 Å². The summed E-state index contributed by atoms with van der Waals surface area (Å²) < 4.78 is 24.2. The van der Waals surface area contributed by atoms with Crippen LogP contribution in [0.4, 0.5) is 20.3 Å². The Hall–Kier alpha value is -1.10. The highest BCUT2D eigenvalue weighted by Crippen LogP contribution is 2.32. The van der Waals surface area contributed by atoms with Crippen molar-refractivity contribution in [3.8, 4) is 0 Å². The third kappa shape index (κ3) is 1.40. The Bertz CT molecular complexity index is 303. The van der Waals surface area contributed by atoms with E-state index < -0.39 is 12.0 Å². The zero-order valence-electron chi connectivity index (χ0n) is 5.89. The summed E-state index contributed by atoms with van der Waals surface area (Å²) in [4.78, 5) is 3.45. The first-order valence-electron chi connectivity index (χ1n) is 3.01. The van der Waals surface area contributed by atoms with Gasteiger partial charge < -0.3 is 11.5 Å². The molecule has 0 aliphatic carbocycles. The van der Waals surface area contributed by atoms with E-state index in [1.807, 2.05) is 0 Å². The maximum absolute atomic E-state index is 12.1. The Kier molecular flexibility index (Phi) is 2.32. The molecule has 6 heteroatoms. The SMILES string of the molecule is Nc1ncc(C(F)F)c(Cl)c1N. The Morgan fingerprint density at radius 1 is 1.42 bits per heavy atom. The standard InChI is InChI=1S/C6H6ClF2N3/c7-3-2(5(8)9)1-12-6(11)4(3)10/h1,5H,10H2,(H2,11,12). The molecule has 0 aliphatic heterocycles. The van der Waals surface area contributed by atoms with Gasteiger partial charge in [-0.2, -0.15) is 0 Å². The number of alkyl halides is 2. The molecule has 0 saturated carbocycles. The second-order valence-corrected chi connectivity index (χ2v) is 2.51. The molecule has 0 radical (unpaired) electrons. The maximum atomic E-state index is 12.1. The fourth-order valence-corrected chi connectivity index (χ4v) is 0.913. The summed E-state index contributed by atoms with van der Waals surface area (Å²) in [6.07, 6.45) is -1.77. The van der Waals surface area contributed by atoms with E-state index in [0.29, 0.717) is 0 Å². The minimum absolute atomic E-state index is 0.0376. The lowest BCUT2D eigenvalue weighted by atomic mass is 10.2. The Balaban J connectivity index is 3.27. The van der Waals surface area contributed by atoms with Gasteiger partial charge in [0, 0.05) is 6.20 Å². The fraction of sp³-hybridized carbons (Fsp3) is 0.167. The number of nitrogens with zero attached hydrogens (tertiary/aromatic N) is 1. The van der Waals surface area contributed by atoms with Gasteiger partial charge in [0.25, 0.3) is 6.43 Å². The lowest BCUT2D eigenvalue weighted by Gasteiger charge is -2.06. The first-order chi connectivity index (χ1) is 5.54. The largest absolute Gasteiger partial charge is 0.395 e. The van der Waals surface area contributed by atoms with Crippen LogP contribution in [0.2, 0.25) is 5.02 Å². The molecule has 0 spiro atoms. The zero-order chi connectivity index (χ0) is 9.30. The van der Waals surface area contributed by atoms with Crippen LogP contribution in [0.5, 0.6) is 0 Å². The molecule has 0 atom stereocenters. The summed E-state index contributed by atoms with van der Waals surface area (Å²) in [5.74, 6) is -0.0376. The lowest BCUT2D eigenvalue weighted by molar-refractivity contribution is 0.151. The molecule has 1 heterocycles. The van der Waals surface area contributed by atoms with E-state index in [-0.39, 0.29) is 16.5 Å². The Labute approximate surface area is 72.3 Å². The average Bonchev–Trinajstić information content (AvgIpc) is 2.00. The fourth-order valence-electron chi connectivity index (χ4n) is 0.685. The summed E-state index contributed by atoms with van der Waals surface area (Å²) in [5, 5.41) is -0.225. The van der Waals surface area contributed by atoms with E-state index in [1.54, 1.807) is 0 Å². The number of hydrogen-bond acceptors (Lipinski definition) is 3. The number of halogens is 3. The van der Waals surface area contributed by atoms with Crippen molar-refractivity contribution in [2.45, 2.75) is 6.43 Å². The van der Waals surface area contributed by atoms with E-state index in [0.717, 1.165) is 6.20 Å². The first-order valence-corrected chi connectivity index (χ1v) is 3.39. The molecule has 4 N–H and O–H groups in total. The highest BCUT2D eigenvalue weighted by atomic mass is 35.5. The van der Waals surface area contributed by atoms with Crippen molar-refractivity contribution in [2.24, 2.45) is 0 Å². The monoisotopic (exact) mass is 193 g/mol. The van der Waals surface area contributed by atoms with Crippen LogP contribution in [0.25, 0.3) is 0 Å². The zero-order valence-corrected chi connectivity index (χ0v) is 6.65. The number of nitrogens with two attached hydrogens (primary N) is 2. The van der Waals surface area contributed by atoms with Crippen LogP contribution in [0.15, 0.2) is 6.20 Å². The van der Waals surface area contributed by atoms with Gasteiger partial charge in [-0.1, -0.05) is 11.6 Å². The van der Waals surface area contributed by atoms with E-state index >= 15 is 0 Å². The van der Waals surface area contributed by atoms with Crippen molar-refractivity contribution in [1.29, 1.82) is 0 Å². The number of nitrogen functional groups attached to an aromatic ring is 2. The van der Waals surface area contributed by atoms with E-state index in [4.69, 9.17) is 23.1 Å². The minimum atomic E-state index is -2.69. The van der Waals surface area contributed by atoms with Crippen molar-refractivity contribution in [2.75, 3.05) is 11.5 Å². The van der Waals surface area contributed by atoms with Crippen LogP contribution in [0.1, 0.15) is 12.0 Å². The second kappa shape index (κ2) is 3.10. The molecule has 0 unspecified atom stereocenters. The van der Waals surface area contributed by atoms with Gasteiger partial charge in [0.05, 0.1) is 16.3 Å². The van der Waals surface area contributed by atoms with Crippen molar-refractivity contribution >= 4 is 23.1 Å². The predicted molar refractivity (Wildman–Crippen MR) is 43.0 cm³/mol. The van der Waals surface area contributed by atoms with Crippen LogP contribution in [0.3, 0.4) is 0 Å². The summed E-state index contributed by atoms with van der Waals surface area (Å²) in [6, 6.07) is 0. The molecule has 0 bridgehead atoms. The van der Waals surface area contributed by atoms with Crippen molar-refractivity contribution in [3.63, 3.8) is 0 Å². The van der Waals surface area contributed by atoms with Gasteiger partial charge in [0.15, 0.2) is 0 Å². The molecule has 66 valence electrons. The van der Waals surface area contributed by atoms with E-state index in [9.17, 15) is 8.78 Å². The smallest absolute Gasteiger partial charge is 0.266 e. The van der Waals surface area contributed by atoms with Gasteiger partial charge in [-0.3, -0.25) is 0 Å². The third-order valence-corrected chi connectivity index (χ3v) is 1.77. The molecule has 0 fully saturated rings. The third-order valence-electron chi connectivity index (χ3n) is 1.34. The second-order valence-electron chi connectivity index (χ2n) is 2.13. The quantitative estimate of drug-likeness (QED) is 0.715. The van der Waals surface area contributed by atoms with Crippen LogP contribution in [-0.4, -0.2) is 4.98 Å². The van der Waals surface area contributed by atoms with Crippen LogP contribution >= 0.6 is 11.6 Å². The number of aromatic nitrogens is 1. The molecule has 0 aromatic carbocycles. The summed E-state index contributed by atoms with van der Waals surface area (Å²) >= 11 is 5.47. The van der Waals surface area contributed by atoms with Gasteiger partial charge in [0.1, 0.15) is 5.82 Å². The summed E-state index contributed by atoms with van der Waals surface area (Å²) in [6.45, 7) is 0. The Morgan fingerprint density at radius 2 is 2.00 bits per heavy atom. The molecular weight excluding hydrogens is 188 g/mol. The molecule has 12 heavy (non-hydrogen) atoms. The highest BCUT2D eigenvalue weighted by Gasteiger charge is 2.15. The molecule has 0 aliphatic rings. The van der Waals surface area contributed by atoms with E-state index in [2.05, 4.69) is 4.98 Å². The van der Waals surface area contributed by atoms with Crippen LogP contribution in [-0.2, 0) is 0 Å². The molecule has 3 nitrogen and oxygen atoms in total. The number of rotatable bonds is 1.